The molecule has 15 heavy (non-hydrogen) atoms. The van der Waals surface area contributed by atoms with Gasteiger partial charge in [-0.1, -0.05) is 0 Å². The van der Waals surface area contributed by atoms with Crippen molar-refractivity contribution in [1.82, 2.24) is 5.32 Å². The lowest BCUT2D eigenvalue weighted by Gasteiger charge is -2.34. The van der Waals surface area contributed by atoms with Crippen molar-refractivity contribution in [2.75, 3.05) is 19.0 Å². The molecule has 1 saturated carbocycles. The first-order valence-electron chi connectivity index (χ1n) is 5.70. The zero-order valence-corrected chi connectivity index (χ0v) is 10.1. The Labute approximate surface area is 96.5 Å². The Hall–Kier alpha value is -0.280. The van der Waals surface area contributed by atoms with E-state index in [1.54, 1.807) is 0 Å². The summed E-state index contributed by atoms with van der Waals surface area (Å²) < 4.78 is 5.44. The van der Waals surface area contributed by atoms with E-state index in [1.165, 1.54) is 0 Å². The molecule has 1 aliphatic carbocycles. The van der Waals surface area contributed by atoms with E-state index in [2.05, 4.69) is 5.32 Å². The number of nitrogens with one attached hydrogen (secondary N) is 1. The lowest BCUT2D eigenvalue weighted by molar-refractivity contribution is -0.124. The molecule has 0 radical (unpaired) electrons. The van der Waals surface area contributed by atoms with Crippen molar-refractivity contribution in [3.05, 3.63) is 0 Å². The number of amides is 1. The van der Waals surface area contributed by atoms with Crippen LogP contribution in [0.3, 0.4) is 0 Å². The lowest BCUT2D eigenvalue weighted by atomic mass is 9.80. The van der Waals surface area contributed by atoms with Gasteiger partial charge < -0.3 is 10.1 Å². The highest BCUT2D eigenvalue weighted by atomic mass is 35.5. The van der Waals surface area contributed by atoms with Crippen LogP contribution in [0.2, 0.25) is 0 Å². The summed E-state index contributed by atoms with van der Waals surface area (Å²) >= 11 is 5.52. The molecule has 0 aromatic carbocycles. The smallest absolute Gasteiger partial charge is 0.220 e. The molecule has 0 aromatic rings. The normalized spacial score (nSPS) is 24.7. The minimum absolute atomic E-state index is 0.153. The van der Waals surface area contributed by atoms with Crippen molar-refractivity contribution < 1.29 is 9.53 Å². The van der Waals surface area contributed by atoms with Crippen LogP contribution in [0.4, 0.5) is 0 Å². The van der Waals surface area contributed by atoms with Crippen molar-refractivity contribution >= 4 is 17.5 Å². The Morgan fingerprint density at radius 1 is 1.53 bits per heavy atom. The van der Waals surface area contributed by atoms with Crippen LogP contribution in [-0.4, -0.2) is 31.0 Å². The van der Waals surface area contributed by atoms with Crippen molar-refractivity contribution in [2.45, 2.75) is 38.7 Å². The number of carbonyl (C=O) groups is 1. The number of hydrogen-bond acceptors (Lipinski definition) is 2. The minimum atomic E-state index is 0.153. The summed E-state index contributed by atoms with van der Waals surface area (Å²) in [5.74, 6) is 1.29. The lowest BCUT2D eigenvalue weighted by Crippen LogP contribution is -2.36. The van der Waals surface area contributed by atoms with Crippen LogP contribution in [0.25, 0.3) is 0 Å². The summed E-state index contributed by atoms with van der Waals surface area (Å²) in [7, 11) is 0. The van der Waals surface area contributed by atoms with Gasteiger partial charge in [-0.15, -0.1) is 11.6 Å². The quantitative estimate of drug-likeness (QED) is 0.539. The molecule has 88 valence electrons. The van der Waals surface area contributed by atoms with Crippen LogP contribution < -0.4 is 5.32 Å². The SMILES string of the molecule is CCOC1CC(CC(=O)NCCCCl)C1. The average Bonchev–Trinajstić information content (AvgIpc) is 2.15. The fourth-order valence-corrected chi connectivity index (χ4v) is 1.98. The van der Waals surface area contributed by atoms with E-state index in [9.17, 15) is 4.79 Å². The molecular formula is C11H20ClNO2. The van der Waals surface area contributed by atoms with Crippen LogP contribution in [-0.2, 0) is 9.53 Å². The predicted molar refractivity (Wildman–Crippen MR) is 61.1 cm³/mol. The third kappa shape index (κ3) is 4.85. The van der Waals surface area contributed by atoms with E-state index in [1.807, 2.05) is 6.92 Å². The van der Waals surface area contributed by atoms with Crippen molar-refractivity contribution in [2.24, 2.45) is 5.92 Å². The molecule has 0 bridgehead atoms. The Morgan fingerprint density at radius 3 is 2.87 bits per heavy atom. The van der Waals surface area contributed by atoms with Gasteiger partial charge in [-0.25, -0.2) is 0 Å². The summed E-state index contributed by atoms with van der Waals surface area (Å²) in [5, 5.41) is 2.87. The van der Waals surface area contributed by atoms with Crippen LogP contribution >= 0.6 is 11.6 Å². The molecular weight excluding hydrogens is 214 g/mol. The van der Waals surface area contributed by atoms with Crippen LogP contribution in [0.15, 0.2) is 0 Å². The van der Waals surface area contributed by atoms with Gasteiger partial charge in [0.15, 0.2) is 0 Å². The fraction of sp³-hybridized carbons (Fsp3) is 0.909. The molecule has 0 atom stereocenters. The topological polar surface area (TPSA) is 38.3 Å². The van der Waals surface area contributed by atoms with Gasteiger partial charge >= 0.3 is 0 Å². The van der Waals surface area contributed by atoms with Crippen molar-refractivity contribution in [3.8, 4) is 0 Å². The largest absolute Gasteiger partial charge is 0.378 e. The standard InChI is InChI=1S/C11H20ClNO2/c1-2-15-10-6-9(7-10)8-11(14)13-5-3-4-12/h9-10H,2-8H2,1H3,(H,13,14). The maximum Gasteiger partial charge on any atom is 0.220 e. The molecule has 0 saturated heterocycles. The van der Waals surface area contributed by atoms with E-state index < -0.39 is 0 Å². The van der Waals surface area contributed by atoms with Crippen molar-refractivity contribution in [1.29, 1.82) is 0 Å². The highest BCUT2D eigenvalue weighted by Gasteiger charge is 2.30. The van der Waals surface area contributed by atoms with Gasteiger partial charge in [0.2, 0.25) is 5.91 Å². The second-order valence-electron chi connectivity index (χ2n) is 4.01. The molecule has 3 nitrogen and oxygen atoms in total. The first-order valence-corrected chi connectivity index (χ1v) is 6.24. The summed E-state index contributed by atoms with van der Waals surface area (Å²) in [6, 6.07) is 0. The monoisotopic (exact) mass is 233 g/mol. The van der Waals surface area contributed by atoms with Gasteiger partial charge in [-0.05, 0) is 32.1 Å². The van der Waals surface area contributed by atoms with Gasteiger partial charge in [0, 0.05) is 25.5 Å². The third-order valence-electron chi connectivity index (χ3n) is 2.70. The highest BCUT2D eigenvalue weighted by Crippen LogP contribution is 2.32. The molecule has 1 rings (SSSR count). The van der Waals surface area contributed by atoms with Crippen LogP contribution in [0.1, 0.15) is 32.6 Å². The molecule has 1 N–H and O–H groups in total. The molecule has 0 unspecified atom stereocenters. The van der Waals surface area contributed by atoms with Gasteiger partial charge in [0.1, 0.15) is 0 Å². The number of alkyl halides is 1. The molecule has 0 aliphatic heterocycles. The first-order chi connectivity index (χ1) is 7.26. The van der Waals surface area contributed by atoms with Gasteiger partial charge in [0.25, 0.3) is 0 Å². The molecule has 1 amide bonds. The third-order valence-corrected chi connectivity index (χ3v) is 2.97. The van der Waals surface area contributed by atoms with E-state index in [4.69, 9.17) is 16.3 Å². The van der Waals surface area contributed by atoms with Gasteiger partial charge in [-0.3, -0.25) is 4.79 Å². The van der Waals surface area contributed by atoms with Crippen LogP contribution in [0, 0.1) is 5.92 Å². The van der Waals surface area contributed by atoms with Gasteiger partial charge in [0.05, 0.1) is 6.10 Å². The summed E-state index contributed by atoms with van der Waals surface area (Å²) in [6.07, 6.45) is 3.97. The van der Waals surface area contributed by atoms with Gasteiger partial charge in [-0.2, -0.15) is 0 Å². The highest BCUT2D eigenvalue weighted by molar-refractivity contribution is 6.17. The van der Waals surface area contributed by atoms with E-state index in [-0.39, 0.29) is 5.91 Å². The zero-order valence-electron chi connectivity index (χ0n) is 9.30. The number of rotatable bonds is 7. The summed E-state index contributed by atoms with van der Waals surface area (Å²) in [4.78, 5) is 11.4. The predicted octanol–water partition coefficient (Wildman–Crippen LogP) is 1.94. The Morgan fingerprint density at radius 2 is 2.27 bits per heavy atom. The van der Waals surface area contributed by atoms with Crippen LogP contribution in [0.5, 0.6) is 0 Å². The summed E-state index contributed by atoms with van der Waals surface area (Å²) in [5.41, 5.74) is 0. The Balaban J connectivity index is 1.98. The molecule has 4 heteroatoms. The molecule has 1 fully saturated rings. The van der Waals surface area contributed by atoms with E-state index in [0.717, 1.165) is 25.9 Å². The number of hydrogen-bond donors (Lipinski definition) is 1. The van der Waals surface area contributed by atoms with Crippen molar-refractivity contribution in [3.63, 3.8) is 0 Å². The van der Waals surface area contributed by atoms with E-state index in [0.29, 0.717) is 30.9 Å². The molecule has 0 spiro atoms. The molecule has 0 heterocycles. The number of ether oxygens (including phenoxy) is 1. The second kappa shape index (κ2) is 7.07. The second-order valence-corrected chi connectivity index (χ2v) is 4.39. The molecule has 0 aromatic heterocycles. The maximum atomic E-state index is 11.4. The zero-order chi connectivity index (χ0) is 11.1. The average molecular weight is 234 g/mol. The summed E-state index contributed by atoms with van der Waals surface area (Å²) in [6.45, 7) is 3.48. The number of carbonyl (C=O) groups excluding carboxylic acids is 1. The Kier molecular flexibility index (Phi) is 6.03. The Bertz CT molecular complexity index is 193. The fourth-order valence-electron chi connectivity index (χ4n) is 1.84. The van der Waals surface area contributed by atoms with E-state index >= 15 is 0 Å². The first kappa shape index (κ1) is 12.8. The molecule has 1 aliphatic rings. The maximum absolute atomic E-state index is 11.4. The number of halogens is 1. The minimum Gasteiger partial charge on any atom is -0.378 e.